The molecule has 0 spiro atoms. The van der Waals surface area contributed by atoms with E-state index in [1.54, 1.807) is 19.4 Å². The maximum atomic E-state index is 5.22. The van der Waals surface area contributed by atoms with Crippen LogP contribution in [0.5, 0.6) is 5.88 Å². The largest absolute Gasteiger partial charge is 0.481 e. The number of rotatable bonds is 4. The van der Waals surface area contributed by atoms with Gasteiger partial charge in [0.25, 0.3) is 0 Å². The van der Waals surface area contributed by atoms with Gasteiger partial charge in [-0.3, -0.25) is 4.98 Å². The lowest BCUT2D eigenvalue weighted by atomic mass is 10.0. The summed E-state index contributed by atoms with van der Waals surface area (Å²) in [6.45, 7) is 3.91. The van der Waals surface area contributed by atoms with E-state index in [0.717, 1.165) is 49.2 Å². The van der Waals surface area contributed by atoms with Crippen molar-refractivity contribution in [2.45, 2.75) is 0 Å². The van der Waals surface area contributed by atoms with Crippen LogP contribution in [0.25, 0.3) is 11.3 Å². The van der Waals surface area contributed by atoms with Crippen molar-refractivity contribution >= 4 is 11.8 Å². The second-order valence-corrected chi connectivity index (χ2v) is 7.35. The normalized spacial score (nSPS) is 21.0. The zero-order chi connectivity index (χ0) is 18.9. The molecule has 0 aliphatic carbocycles. The molecule has 2 aliphatic heterocycles. The number of ether oxygens (including phenoxy) is 1. The Labute approximate surface area is 164 Å². The highest BCUT2D eigenvalue weighted by Gasteiger charge is 2.41. The SMILES string of the molecule is COc1ccnc(N2CC3CN(c4cnc(-c5ccccc5)cn4)CC3C2)n1. The molecule has 0 saturated carbocycles. The van der Waals surface area contributed by atoms with Crippen molar-refractivity contribution in [1.82, 2.24) is 19.9 Å². The minimum Gasteiger partial charge on any atom is -0.481 e. The fraction of sp³-hybridized carbons (Fsp3) is 0.333. The van der Waals surface area contributed by atoms with Gasteiger partial charge in [0, 0.05) is 55.8 Å². The van der Waals surface area contributed by atoms with E-state index >= 15 is 0 Å². The number of nitrogens with zero attached hydrogens (tertiary/aromatic N) is 6. The molecule has 0 bridgehead atoms. The smallest absolute Gasteiger partial charge is 0.228 e. The average molecular weight is 374 g/mol. The van der Waals surface area contributed by atoms with Crippen molar-refractivity contribution < 1.29 is 4.74 Å². The van der Waals surface area contributed by atoms with Gasteiger partial charge in [0.1, 0.15) is 5.82 Å². The molecular formula is C21H22N6O. The van der Waals surface area contributed by atoms with Gasteiger partial charge in [0.2, 0.25) is 11.8 Å². The first kappa shape index (κ1) is 16.9. The van der Waals surface area contributed by atoms with E-state index in [1.807, 2.05) is 30.6 Å². The number of hydrogen-bond acceptors (Lipinski definition) is 7. The molecule has 28 heavy (non-hydrogen) atoms. The molecule has 2 atom stereocenters. The molecule has 2 aromatic heterocycles. The molecule has 0 radical (unpaired) electrons. The number of fused-ring (bicyclic) bond motifs is 1. The van der Waals surface area contributed by atoms with Crippen LogP contribution in [-0.2, 0) is 0 Å². The van der Waals surface area contributed by atoms with Gasteiger partial charge in [0.05, 0.1) is 25.2 Å². The monoisotopic (exact) mass is 374 g/mol. The van der Waals surface area contributed by atoms with Crippen molar-refractivity contribution in [3.8, 4) is 17.1 Å². The first-order chi connectivity index (χ1) is 13.8. The molecule has 1 aromatic carbocycles. The van der Waals surface area contributed by atoms with E-state index in [1.165, 1.54) is 0 Å². The highest BCUT2D eigenvalue weighted by atomic mass is 16.5. The van der Waals surface area contributed by atoms with Gasteiger partial charge in [0.15, 0.2) is 0 Å². The Morgan fingerprint density at radius 1 is 0.857 bits per heavy atom. The van der Waals surface area contributed by atoms with Crippen molar-refractivity contribution in [2.75, 3.05) is 43.1 Å². The average Bonchev–Trinajstić information content (AvgIpc) is 3.34. The summed E-state index contributed by atoms with van der Waals surface area (Å²) in [6.07, 6.45) is 5.52. The lowest BCUT2D eigenvalue weighted by Gasteiger charge is -2.22. The zero-order valence-electron chi connectivity index (χ0n) is 15.8. The number of anilines is 2. The first-order valence-corrected chi connectivity index (χ1v) is 9.54. The fourth-order valence-corrected chi connectivity index (χ4v) is 4.18. The second kappa shape index (κ2) is 7.07. The minimum atomic E-state index is 0.588. The standard InChI is InChI=1S/C21H22N6O/c1-28-20-7-8-22-21(25-20)27-13-16-11-26(12-17(16)14-27)19-10-23-18(9-24-19)15-5-3-2-4-6-15/h2-10,16-17H,11-14H2,1H3. The van der Waals surface area contributed by atoms with E-state index in [9.17, 15) is 0 Å². The van der Waals surface area contributed by atoms with E-state index in [2.05, 4.69) is 41.9 Å². The molecule has 2 fully saturated rings. The Morgan fingerprint density at radius 3 is 2.29 bits per heavy atom. The van der Waals surface area contributed by atoms with Crippen LogP contribution in [0.1, 0.15) is 0 Å². The predicted molar refractivity (Wildman–Crippen MR) is 107 cm³/mol. The molecule has 5 rings (SSSR count). The lowest BCUT2D eigenvalue weighted by Crippen LogP contribution is -2.30. The van der Waals surface area contributed by atoms with Gasteiger partial charge in [-0.05, 0) is 0 Å². The minimum absolute atomic E-state index is 0.588. The number of hydrogen-bond donors (Lipinski definition) is 0. The summed E-state index contributed by atoms with van der Waals surface area (Å²) in [6, 6.07) is 11.9. The van der Waals surface area contributed by atoms with Gasteiger partial charge in [-0.1, -0.05) is 30.3 Å². The van der Waals surface area contributed by atoms with E-state index in [4.69, 9.17) is 4.74 Å². The molecule has 7 nitrogen and oxygen atoms in total. The third-order valence-corrected chi connectivity index (χ3v) is 5.63. The molecule has 2 saturated heterocycles. The van der Waals surface area contributed by atoms with E-state index in [-0.39, 0.29) is 0 Å². The topological polar surface area (TPSA) is 67.3 Å². The molecular weight excluding hydrogens is 352 g/mol. The fourth-order valence-electron chi connectivity index (χ4n) is 4.18. The summed E-state index contributed by atoms with van der Waals surface area (Å²) in [5.41, 5.74) is 2.00. The third kappa shape index (κ3) is 3.13. The summed E-state index contributed by atoms with van der Waals surface area (Å²) >= 11 is 0. The molecule has 0 amide bonds. The Balaban J connectivity index is 1.25. The Bertz CT molecular complexity index is 935. The Kier molecular flexibility index (Phi) is 4.27. The third-order valence-electron chi connectivity index (χ3n) is 5.63. The maximum absolute atomic E-state index is 5.22. The summed E-state index contributed by atoms with van der Waals surface area (Å²) in [5, 5.41) is 0. The van der Waals surface area contributed by atoms with Crippen molar-refractivity contribution in [2.24, 2.45) is 11.8 Å². The second-order valence-electron chi connectivity index (χ2n) is 7.35. The Morgan fingerprint density at radius 2 is 1.61 bits per heavy atom. The van der Waals surface area contributed by atoms with Crippen molar-refractivity contribution in [3.05, 3.63) is 55.0 Å². The molecule has 7 heteroatoms. The predicted octanol–water partition coefficient (Wildman–Crippen LogP) is 2.51. The van der Waals surface area contributed by atoms with Crippen LogP contribution < -0.4 is 14.5 Å². The molecule has 3 aromatic rings. The van der Waals surface area contributed by atoms with Gasteiger partial charge >= 0.3 is 0 Å². The van der Waals surface area contributed by atoms with Crippen LogP contribution in [0, 0.1) is 11.8 Å². The van der Waals surface area contributed by atoms with Gasteiger partial charge in [-0.25, -0.2) is 9.97 Å². The highest BCUT2D eigenvalue weighted by molar-refractivity contribution is 5.58. The van der Waals surface area contributed by atoms with Gasteiger partial charge < -0.3 is 14.5 Å². The zero-order valence-corrected chi connectivity index (χ0v) is 15.8. The Hall–Kier alpha value is -3.22. The number of methoxy groups -OCH3 is 1. The summed E-state index contributed by atoms with van der Waals surface area (Å²) in [7, 11) is 1.63. The van der Waals surface area contributed by atoms with Crippen molar-refractivity contribution in [1.29, 1.82) is 0 Å². The van der Waals surface area contributed by atoms with Gasteiger partial charge in [-0.15, -0.1) is 0 Å². The first-order valence-electron chi connectivity index (χ1n) is 9.54. The lowest BCUT2D eigenvalue weighted by molar-refractivity contribution is 0.397. The summed E-state index contributed by atoms with van der Waals surface area (Å²) in [5.74, 6) is 3.50. The van der Waals surface area contributed by atoms with Crippen LogP contribution in [0.15, 0.2) is 55.0 Å². The molecule has 2 unspecified atom stereocenters. The van der Waals surface area contributed by atoms with Crippen molar-refractivity contribution in [3.63, 3.8) is 0 Å². The van der Waals surface area contributed by atoms with Crippen LogP contribution in [0.2, 0.25) is 0 Å². The van der Waals surface area contributed by atoms with Crippen LogP contribution >= 0.6 is 0 Å². The molecule has 4 heterocycles. The highest BCUT2D eigenvalue weighted by Crippen LogP contribution is 2.34. The van der Waals surface area contributed by atoms with E-state index in [0.29, 0.717) is 17.7 Å². The summed E-state index contributed by atoms with van der Waals surface area (Å²) in [4.78, 5) is 22.8. The quantitative estimate of drug-likeness (QED) is 0.695. The molecule has 142 valence electrons. The molecule has 2 aliphatic rings. The summed E-state index contributed by atoms with van der Waals surface area (Å²) < 4.78 is 5.22. The molecule has 0 N–H and O–H groups in total. The number of aromatic nitrogens is 4. The maximum Gasteiger partial charge on any atom is 0.228 e. The van der Waals surface area contributed by atoms with Crippen LogP contribution in [0.4, 0.5) is 11.8 Å². The van der Waals surface area contributed by atoms with Crippen LogP contribution in [-0.4, -0.2) is 53.2 Å². The van der Waals surface area contributed by atoms with Crippen LogP contribution in [0.3, 0.4) is 0 Å². The van der Waals surface area contributed by atoms with E-state index < -0.39 is 0 Å². The number of benzene rings is 1. The van der Waals surface area contributed by atoms with Gasteiger partial charge in [-0.2, -0.15) is 4.98 Å².